The molecule has 9 heteroatoms. The third-order valence-corrected chi connectivity index (χ3v) is 5.21. The highest BCUT2D eigenvalue weighted by atomic mass is 16.2. The van der Waals surface area contributed by atoms with Gasteiger partial charge in [0, 0.05) is 42.1 Å². The fourth-order valence-corrected chi connectivity index (χ4v) is 3.53. The first-order chi connectivity index (χ1) is 17.0. The molecule has 2 aromatic carbocycles. The van der Waals surface area contributed by atoms with Crippen molar-refractivity contribution in [1.29, 1.82) is 5.26 Å². The van der Waals surface area contributed by atoms with Crippen LogP contribution >= 0.6 is 0 Å². The number of amides is 1. The average molecular weight is 465 g/mol. The molecule has 9 nitrogen and oxygen atoms in total. The maximum absolute atomic E-state index is 12.2. The lowest BCUT2D eigenvalue weighted by Gasteiger charge is -2.15. The van der Waals surface area contributed by atoms with E-state index in [-0.39, 0.29) is 5.91 Å². The van der Waals surface area contributed by atoms with Gasteiger partial charge in [-0.05, 0) is 73.0 Å². The molecule has 4 rings (SSSR count). The molecule has 0 atom stereocenters. The van der Waals surface area contributed by atoms with Crippen LogP contribution in [0.2, 0.25) is 0 Å². The average Bonchev–Trinajstić information content (AvgIpc) is 2.87. The van der Waals surface area contributed by atoms with Crippen molar-refractivity contribution >= 4 is 29.0 Å². The van der Waals surface area contributed by atoms with Crippen molar-refractivity contribution in [2.75, 3.05) is 10.6 Å². The van der Waals surface area contributed by atoms with Gasteiger partial charge in [-0.1, -0.05) is 12.1 Å². The van der Waals surface area contributed by atoms with Crippen molar-refractivity contribution in [2.24, 2.45) is 0 Å². The molecule has 2 aromatic heterocycles. The minimum Gasteiger partial charge on any atom is -0.340 e. The largest absolute Gasteiger partial charge is 0.340 e. The Kier molecular flexibility index (Phi) is 7.25. The van der Waals surface area contributed by atoms with E-state index in [0.717, 1.165) is 28.1 Å². The summed E-state index contributed by atoms with van der Waals surface area (Å²) in [6, 6.07) is 18.4. The smallest absolute Gasteiger partial charge is 0.265 e. The number of nitriles is 1. The maximum atomic E-state index is 12.2. The van der Waals surface area contributed by atoms with E-state index in [1.807, 2.05) is 26.0 Å². The molecule has 0 fully saturated rings. The van der Waals surface area contributed by atoms with Gasteiger partial charge in [0.05, 0.1) is 11.6 Å². The molecule has 0 radical (unpaired) electrons. The molecule has 4 N–H and O–H groups in total. The molecule has 1 amide bonds. The van der Waals surface area contributed by atoms with E-state index in [1.165, 1.54) is 0 Å². The first-order valence-corrected chi connectivity index (χ1v) is 10.9. The molecular formula is C26H24N8O. The van der Waals surface area contributed by atoms with Crippen LogP contribution < -0.4 is 21.5 Å². The van der Waals surface area contributed by atoms with Gasteiger partial charge < -0.3 is 10.6 Å². The zero-order chi connectivity index (χ0) is 24.6. The number of hydrazine groups is 1. The Morgan fingerprint density at radius 1 is 0.943 bits per heavy atom. The monoisotopic (exact) mass is 464 g/mol. The van der Waals surface area contributed by atoms with E-state index in [2.05, 4.69) is 54.6 Å². The molecule has 0 aliphatic rings. The normalized spacial score (nSPS) is 10.3. The molecule has 0 bridgehead atoms. The number of hydrogen-bond donors (Lipinski definition) is 4. The first kappa shape index (κ1) is 23.4. The molecule has 0 aliphatic carbocycles. The number of anilines is 4. The third kappa shape index (κ3) is 6.16. The van der Waals surface area contributed by atoms with Crippen molar-refractivity contribution < 1.29 is 4.79 Å². The Labute approximate surface area is 203 Å². The lowest BCUT2D eigenvalue weighted by Crippen LogP contribution is -2.36. The predicted molar refractivity (Wildman–Crippen MR) is 134 cm³/mol. The van der Waals surface area contributed by atoms with Gasteiger partial charge in [-0.3, -0.25) is 15.2 Å². The summed E-state index contributed by atoms with van der Waals surface area (Å²) in [5.41, 5.74) is 11.7. The number of carbonyl (C=O) groups is 1. The van der Waals surface area contributed by atoms with Crippen LogP contribution in [0, 0.1) is 25.2 Å². The van der Waals surface area contributed by atoms with Crippen molar-refractivity contribution in [3.05, 3.63) is 101 Å². The summed E-state index contributed by atoms with van der Waals surface area (Å²) in [5.74, 6) is 0.881. The summed E-state index contributed by atoms with van der Waals surface area (Å²) in [4.78, 5) is 24.9. The minimum atomic E-state index is -0.215. The van der Waals surface area contributed by atoms with Crippen LogP contribution in [0.3, 0.4) is 0 Å². The fourth-order valence-electron chi connectivity index (χ4n) is 3.53. The summed E-state index contributed by atoms with van der Waals surface area (Å²) in [6.07, 6.45) is 4.84. The first-order valence-electron chi connectivity index (χ1n) is 10.9. The molecule has 4 aromatic rings. The zero-order valence-electron chi connectivity index (χ0n) is 19.3. The number of carbonyl (C=O) groups excluding carboxylic acids is 1. The van der Waals surface area contributed by atoms with Crippen molar-refractivity contribution in [3.63, 3.8) is 0 Å². The summed E-state index contributed by atoms with van der Waals surface area (Å²) in [5, 5.41) is 15.5. The van der Waals surface area contributed by atoms with E-state index < -0.39 is 0 Å². The lowest BCUT2D eigenvalue weighted by molar-refractivity contribution is 0.0932. The lowest BCUT2D eigenvalue weighted by atomic mass is 10.0. The molecule has 0 saturated carbocycles. The Hall–Kier alpha value is -4.81. The van der Waals surface area contributed by atoms with Gasteiger partial charge in [0.1, 0.15) is 5.82 Å². The van der Waals surface area contributed by atoms with Crippen LogP contribution in [0.25, 0.3) is 0 Å². The highest BCUT2D eigenvalue weighted by Gasteiger charge is 2.09. The number of aryl methyl sites for hydroxylation is 2. The second kappa shape index (κ2) is 10.9. The number of benzene rings is 2. The summed E-state index contributed by atoms with van der Waals surface area (Å²) < 4.78 is 0. The molecular weight excluding hydrogens is 440 g/mol. The highest BCUT2D eigenvalue weighted by molar-refractivity contribution is 5.93. The van der Waals surface area contributed by atoms with Crippen LogP contribution in [0.5, 0.6) is 0 Å². The predicted octanol–water partition coefficient (Wildman–Crippen LogP) is 4.28. The molecule has 174 valence electrons. The summed E-state index contributed by atoms with van der Waals surface area (Å²) in [7, 11) is 0. The number of nitrogens with zero attached hydrogens (tertiary/aromatic N) is 4. The summed E-state index contributed by atoms with van der Waals surface area (Å²) in [6.45, 7) is 4.52. The van der Waals surface area contributed by atoms with Crippen LogP contribution in [0.15, 0.2) is 73.2 Å². The SMILES string of the molecule is Cc1cc(CNNC(=O)c2ccncc2)cc(C)c1Nc1ccnc(Nc2ccc(C#N)cc2)n1. The molecule has 0 spiro atoms. The molecule has 35 heavy (non-hydrogen) atoms. The number of pyridine rings is 1. The van der Waals surface area contributed by atoms with Crippen LogP contribution in [-0.4, -0.2) is 20.9 Å². The van der Waals surface area contributed by atoms with E-state index in [0.29, 0.717) is 29.4 Å². The van der Waals surface area contributed by atoms with Gasteiger partial charge in [0.2, 0.25) is 5.95 Å². The Bertz CT molecular complexity index is 1340. The zero-order valence-corrected chi connectivity index (χ0v) is 19.3. The van der Waals surface area contributed by atoms with Gasteiger partial charge in [0.15, 0.2) is 0 Å². The van der Waals surface area contributed by atoms with Gasteiger partial charge >= 0.3 is 0 Å². The Morgan fingerprint density at radius 3 is 2.34 bits per heavy atom. The minimum absolute atomic E-state index is 0.215. The number of aromatic nitrogens is 3. The van der Waals surface area contributed by atoms with Gasteiger partial charge in [-0.2, -0.15) is 10.2 Å². The maximum Gasteiger partial charge on any atom is 0.265 e. The Balaban J connectivity index is 1.39. The van der Waals surface area contributed by atoms with Gasteiger partial charge in [-0.25, -0.2) is 10.4 Å². The molecule has 0 unspecified atom stereocenters. The van der Waals surface area contributed by atoms with E-state index in [4.69, 9.17) is 5.26 Å². The Morgan fingerprint density at radius 2 is 1.66 bits per heavy atom. The molecule has 2 heterocycles. The van der Waals surface area contributed by atoms with Crippen molar-refractivity contribution in [1.82, 2.24) is 25.8 Å². The van der Waals surface area contributed by atoms with Gasteiger partial charge in [0.25, 0.3) is 5.91 Å². The van der Waals surface area contributed by atoms with Crippen molar-refractivity contribution in [2.45, 2.75) is 20.4 Å². The number of nitrogens with one attached hydrogen (secondary N) is 4. The number of rotatable bonds is 8. The standard InChI is InChI=1S/C26H24N8O/c1-17-13-20(16-30-34-25(35)21-7-10-28-11-8-21)14-18(2)24(17)32-23-9-12-29-26(33-23)31-22-5-3-19(15-27)4-6-22/h3-14,30H,16H2,1-2H3,(H,34,35)(H2,29,31,32,33). The van der Waals surface area contributed by atoms with E-state index >= 15 is 0 Å². The highest BCUT2D eigenvalue weighted by Crippen LogP contribution is 2.26. The number of hydrogen-bond acceptors (Lipinski definition) is 8. The molecule has 0 aliphatic heterocycles. The quantitative estimate of drug-likeness (QED) is 0.285. The third-order valence-electron chi connectivity index (χ3n) is 5.21. The fraction of sp³-hybridized carbons (Fsp3) is 0.115. The summed E-state index contributed by atoms with van der Waals surface area (Å²) >= 11 is 0. The second-order valence-corrected chi connectivity index (χ2v) is 7.85. The van der Waals surface area contributed by atoms with E-state index in [9.17, 15) is 4.79 Å². The second-order valence-electron chi connectivity index (χ2n) is 7.85. The molecule has 0 saturated heterocycles. The van der Waals surface area contributed by atoms with E-state index in [1.54, 1.807) is 48.9 Å². The van der Waals surface area contributed by atoms with Crippen LogP contribution in [0.1, 0.15) is 32.6 Å². The van der Waals surface area contributed by atoms with Crippen LogP contribution in [0.4, 0.5) is 23.1 Å². The van der Waals surface area contributed by atoms with Crippen molar-refractivity contribution in [3.8, 4) is 6.07 Å². The topological polar surface area (TPSA) is 128 Å². The van der Waals surface area contributed by atoms with Gasteiger partial charge in [-0.15, -0.1) is 0 Å². The van der Waals surface area contributed by atoms with Crippen LogP contribution in [-0.2, 0) is 6.54 Å².